The first-order chi connectivity index (χ1) is 5.79. The van der Waals surface area contributed by atoms with Crippen LogP contribution >= 0.6 is 0 Å². The number of rotatable bonds is 0. The molecule has 0 aromatic carbocycles. The third-order valence-corrected chi connectivity index (χ3v) is 1.30. The summed E-state index contributed by atoms with van der Waals surface area (Å²) in [6.07, 6.45) is 3.25. The molecule has 0 aliphatic heterocycles. The zero-order valence-electron chi connectivity index (χ0n) is 7.28. The van der Waals surface area contributed by atoms with E-state index in [0.29, 0.717) is 0 Å². The van der Waals surface area contributed by atoms with E-state index in [2.05, 4.69) is 4.42 Å². The van der Waals surface area contributed by atoms with Crippen molar-refractivity contribution in [2.24, 2.45) is 0 Å². The van der Waals surface area contributed by atoms with Gasteiger partial charge in [-0.1, -0.05) is 0 Å². The van der Waals surface area contributed by atoms with E-state index in [-0.39, 0.29) is 0 Å². The van der Waals surface area contributed by atoms with Gasteiger partial charge >= 0.3 is 0 Å². The highest BCUT2D eigenvalue weighted by molar-refractivity contribution is 5.02. The van der Waals surface area contributed by atoms with Gasteiger partial charge in [0.15, 0.2) is 0 Å². The van der Waals surface area contributed by atoms with Gasteiger partial charge in [-0.25, -0.2) is 0 Å². The highest BCUT2D eigenvalue weighted by atomic mass is 16.3. The Morgan fingerprint density at radius 2 is 1.42 bits per heavy atom. The highest BCUT2D eigenvalue weighted by Crippen LogP contribution is 2.02. The Hall–Kier alpha value is -1.44. The first-order valence-electron chi connectivity index (χ1n) is 3.79. The average Bonchev–Trinajstić information content (AvgIpc) is 2.63. The second-order valence-corrected chi connectivity index (χ2v) is 2.45. The summed E-state index contributed by atoms with van der Waals surface area (Å²) in [6, 6.07) is 7.57. The van der Waals surface area contributed by atoms with Crippen LogP contribution in [0.25, 0.3) is 0 Å². The molecule has 0 aliphatic carbocycles. The zero-order chi connectivity index (χ0) is 8.81. The van der Waals surface area contributed by atoms with Crippen molar-refractivity contribution in [1.29, 1.82) is 0 Å². The van der Waals surface area contributed by atoms with Gasteiger partial charge < -0.3 is 8.83 Å². The highest BCUT2D eigenvalue weighted by Gasteiger charge is 1.85. The molecule has 0 spiro atoms. The van der Waals surface area contributed by atoms with Gasteiger partial charge in [0.1, 0.15) is 11.5 Å². The lowest BCUT2D eigenvalue weighted by atomic mass is 10.5. The summed E-state index contributed by atoms with van der Waals surface area (Å²) in [5.74, 6) is 1.97. The zero-order valence-corrected chi connectivity index (χ0v) is 7.28. The van der Waals surface area contributed by atoms with E-state index in [1.54, 1.807) is 12.5 Å². The van der Waals surface area contributed by atoms with Gasteiger partial charge in [0.25, 0.3) is 0 Å². The summed E-state index contributed by atoms with van der Waals surface area (Å²) < 4.78 is 9.67. The number of hydrogen-bond donors (Lipinski definition) is 0. The van der Waals surface area contributed by atoms with Crippen LogP contribution in [0.2, 0.25) is 0 Å². The lowest BCUT2D eigenvalue weighted by molar-refractivity contribution is 0.504. The fourth-order valence-corrected chi connectivity index (χ4v) is 0.783. The van der Waals surface area contributed by atoms with E-state index in [1.165, 1.54) is 0 Å². The maximum absolute atomic E-state index is 5.08. The van der Waals surface area contributed by atoms with Gasteiger partial charge in [0.2, 0.25) is 0 Å². The molecule has 2 heterocycles. The molecule has 0 saturated heterocycles. The van der Waals surface area contributed by atoms with Crippen LogP contribution in [0.5, 0.6) is 0 Å². The molecule has 0 saturated carbocycles. The van der Waals surface area contributed by atoms with Crippen molar-refractivity contribution in [3.05, 3.63) is 48.3 Å². The summed E-state index contributed by atoms with van der Waals surface area (Å²) in [4.78, 5) is 0. The summed E-state index contributed by atoms with van der Waals surface area (Å²) >= 11 is 0. The molecule has 2 heteroatoms. The van der Waals surface area contributed by atoms with Crippen LogP contribution in [-0.2, 0) is 0 Å². The Bertz CT molecular complexity index is 260. The first kappa shape index (κ1) is 8.65. The quantitative estimate of drug-likeness (QED) is 0.597. The number of hydrogen-bond acceptors (Lipinski definition) is 2. The Balaban J connectivity index is 0.000000127. The van der Waals surface area contributed by atoms with Crippen LogP contribution in [0.1, 0.15) is 11.5 Å². The van der Waals surface area contributed by atoms with Gasteiger partial charge in [0.05, 0.1) is 12.5 Å². The molecule has 0 bridgehead atoms. The van der Waals surface area contributed by atoms with E-state index in [9.17, 15) is 0 Å². The van der Waals surface area contributed by atoms with Crippen molar-refractivity contribution in [1.82, 2.24) is 0 Å². The third-order valence-electron chi connectivity index (χ3n) is 1.30. The van der Waals surface area contributed by atoms with Crippen LogP contribution in [0.3, 0.4) is 0 Å². The van der Waals surface area contributed by atoms with E-state index in [0.717, 1.165) is 11.5 Å². The minimum atomic E-state index is 0.984. The summed E-state index contributed by atoms with van der Waals surface area (Å²) in [5.41, 5.74) is 0. The smallest absolute Gasteiger partial charge is 0.101 e. The van der Waals surface area contributed by atoms with Gasteiger partial charge in [0, 0.05) is 0 Å². The first-order valence-corrected chi connectivity index (χ1v) is 3.79. The van der Waals surface area contributed by atoms with Gasteiger partial charge in [-0.15, -0.1) is 0 Å². The molecule has 0 unspecified atom stereocenters. The second-order valence-electron chi connectivity index (χ2n) is 2.45. The number of furan rings is 2. The van der Waals surface area contributed by atoms with Crippen LogP contribution in [0, 0.1) is 13.8 Å². The van der Waals surface area contributed by atoms with Crippen molar-refractivity contribution in [2.75, 3.05) is 0 Å². The Labute approximate surface area is 71.8 Å². The van der Waals surface area contributed by atoms with Crippen molar-refractivity contribution in [3.63, 3.8) is 0 Å². The normalized spacial score (nSPS) is 8.83. The van der Waals surface area contributed by atoms with Crippen molar-refractivity contribution >= 4 is 0 Å². The minimum absolute atomic E-state index is 0.984. The largest absolute Gasteiger partial charge is 0.473 e. The van der Waals surface area contributed by atoms with Crippen LogP contribution in [0.4, 0.5) is 0 Å². The van der Waals surface area contributed by atoms with Gasteiger partial charge in [-0.05, 0) is 38.1 Å². The van der Waals surface area contributed by atoms with Gasteiger partial charge in [-0.2, -0.15) is 0 Å². The van der Waals surface area contributed by atoms with E-state index in [1.807, 2.05) is 38.1 Å². The Morgan fingerprint density at radius 3 is 1.58 bits per heavy atom. The molecule has 2 nitrogen and oxygen atoms in total. The maximum Gasteiger partial charge on any atom is 0.101 e. The fraction of sp³-hybridized carbons (Fsp3) is 0.200. The molecule has 2 aromatic rings. The topological polar surface area (TPSA) is 26.3 Å². The molecule has 2 rings (SSSR count). The predicted molar refractivity (Wildman–Crippen MR) is 46.9 cm³/mol. The standard InChI is InChI=1S/C6H8O.C4H4O/c1-5-3-4-6(2)7-5;1-2-4-5-3-1/h3-4H,1-2H3;1-4H. The Kier molecular flexibility index (Phi) is 3.20. The Morgan fingerprint density at radius 1 is 0.917 bits per heavy atom. The number of aryl methyl sites for hydroxylation is 2. The average molecular weight is 164 g/mol. The van der Waals surface area contributed by atoms with Crippen LogP contribution < -0.4 is 0 Å². The predicted octanol–water partition coefficient (Wildman–Crippen LogP) is 3.18. The summed E-state index contributed by atoms with van der Waals surface area (Å²) in [5, 5.41) is 0. The molecule has 2 aromatic heterocycles. The molecule has 0 aliphatic rings. The molecular weight excluding hydrogens is 152 g/mol. The SMILES string of the molecule is Cc1ccc(C)o1.c1ccoc1. The monoisotopic (exact) mass is 164 g/mol. The molecule has 0 atom stereocenters. The molecule has 12 heavy (non-hydrogen) atoms. The molecular formula is C10H12O2. The molecule has 0 fully saturated rings. The van der Waals surface area contributed by atoms with E-state index in [4.69, 9.17) is 4.42 Å². The van der Waals surface area contributed by atoms with E-state index < -0.39 is 0 Å². The van der Waals surface area contributed by atoms with Crippen LogP contribution in [-0.4, -0.2) is 0 Å². The van der Waals surface area contributed by atoms with Gasteiger partial charge in [-0.3, -0.25) is 0 Å². The van der Waals surface area contributed by atoms with Crippen molar-refractivity contribution in [3.8, 4) is 0 Å². The maximum atomic E-state index is 5.08. The summed E-state index contributed by atoms with van der Waals surface area (Å²) in [6.45, 7) is 3.88. The minimum Gasteiger partial charge on any atom is -0.473 e. The fourth-order valence-electron chi connectivity index (χ4n) is 0.783. The van der Waals surface area contributed by atoms with E-state index >= 15 is 0 Å². The molecule has 64 valence electrons. The second kappa shape index (κ2) is 4.44. The lowest BCUT2D eigenvalue weighted by Crippen LogP contribution is -1.53. The van der Waals surface area contributed by atoms with Crippen LogP contribution in [0.15, 0.2) is 45.6 Å². The molecule has 0 amide bonds. The van der Waals surface area contributed by atoms with Crippen molar-refractivity contribution in [2.45, 2.75) is 13.8 Å². The third kappa shape index (κ3) is 3.10. The molecule has 0 N–H and O–H groups in total. The lowest BCUT2D eigenvalue weighted by Gasteiger charge is -1.76. The summed E-state index contributed by atoms with van der Waals surface area (Å²) in [7, 11) is 0. The van der Waals surface area contributed by atoms with Crippen molar-refractivity contribution < 1.29 is 8.83 Å². The molecule has 0 radical (unpaired) electrons.